The standard InChI is InChI=1S/C12H17BrN2S/c1-3-4-7-14-12(16)15-11-8-10(13)6-5-9(11)2/h5-6,8H,3-4,7H2,1-2H3,(H2,14,15,16). The van der Waals surface area contributed by atoms with Crippen molar-refractivity contribution in [1.82, 2.24) is 5.32 Å². The topological polar surface area (TPSA) is 24.1 Å². The monoisotopic (exact) mass is 300 g/mol. The second-order valence-corrected chi connectivity index (χ2v) is 5.02. The summed E-state index contributed by atoms with van der Waals surface area (Å²) in [6, 6.07) is 6.11. The second-order valence-electron chi connectivity index (χ2n) is 3.69. The smallest absolute Gasteiger partial charge is 0.170 e. The molecule has 0 saturated carbocycles. The van der Waals surface area contributed by atoms with E-state index in [0.29, 0.717) is 5.11 Å². The Labute approximate surface area is 111 Å². The van der Waals surface area contributed by atoms with Crippen molar-refractivity contribution in [3.05, 3.63) is 28.2 Å². The summed E-state index contributed by atoms with van der Waals surface area (Å²) in [6.45, 7) is 5.15. The van der Waals surface area contributed by atoms with Gasteiger partial charge in [0.15, 0.2) is 5.11 Å². The first-order chi connectivity index (χ1) is 7.63. The number of rotatable bonds is 4. The molecule has 0 radical (unpaired) electrons. The minimum absolute atomic E-state index is 0.689. The molecule has 0 unspecified atom stereocenters. The van der Waals surface area contributed by atoms with Crippen LogP contribution in [0.5, 0.6) is 0 Å². The highest BCUT2D eigenvalue weighted by Crippen LogP contribution is 2.20. The van der Waals surface area contributed by atoms with Gasteiger partial charge in [-0.2, -0.15) is 0 Å². The largest absolute Gasteiger partial charge is 0.362 e. The zero-order valence-corrected chi connectivity index (χ0v) is 12.0. The molecular weight excluding hydrogens is 284 g/mol. The van der Waals surface area contributed by atoms with Crippen molar-refractivity contribution < 1.29 is 0 Å². The summed E-state index contributed by atoms with van der Waals surface area (Å²) < 4.78 is 1.05. The fourth-order valence-electron chi connectivity index (χ4n) is 1.27. The van der Waals surface area contributed by atoms with E-state index in [1.807, 2.05) is 12.1 Å². The lowest BCUT2D eigenvalue weighted by atomic mass is 10.2. The van der Waals surface area contributed by atoms with Crippen LogP contribution in [0.3, 0.4) is 0 Å². The number of unbranched alkanes of at least 4 members (excludes halogenated alkanes) is 1. The van der Waals surface area contributed by atoms with Crippen LogP contribution in [0.15, 0.2) is 22.7 Å². The van der Waals surface area contributed by atoms with Crippen LogP contribution in [0.25, 0.3) is 0 Å². The SMILES string of the molecule is CCCCNC(=S)Nc1cc(Br)ccc1C. The van der Waals surface area contributed by atoms with Gasteiger partial charge in [0, 0.05) is 16.7 Å². The summed E-state index contributed by atoms with van der Waals surface area (Å²) in [4.78, 5) is 0. The Balaban J connectivity index is 2.52. The lowest BCUT2D eigenvalue weighted by Gasteiger charge is -2.12. The van der Waals surface area contributed by atoms with Crippen LogP contribution >= 0.6 is 28.1 Å². The Bertz CT molecular complexity index is 366. The molecule has 88 valence electrons. The molecule has 4 heteroatoms. The summed E-state index contributed by atoms with van der Waals surface area (Å²) in [5, 5.41) is 7.07. The Morgan fingerprint density at radius 2 is 2.19 bits per heavy atom. The third-order valence-corrected chi connectivity index (χ3v) is 3.00. The van der Waals surface area contributed by atoms with Gasteiger partial charge in [-0.05, 0) is 43.3 Å². The lowest BCUT2D eigenvalue weighted by molar-refractivity contribution is 0.758. The Hall–Kier alpha value is -0.610. The molecule has 2 N–H and O–H groups in total. The van der Waals surface area contributed by atoms with Gasteiger partial charge < -0.3 is 10.6 Å². The van der Waals surface area contributed by atoms with Crippen molar-refractivity contribution in [2.24, 2.45) is 0 Å². The third-order valence-electron chi connectivity index (χ3n) is 2.26. The molecule has 0 amide bonds. The fraction of sp³-hybridized carbons (Fsp3) is 0.417. The van der Waals surface area contributed by atoms with Gasteiger partial charge >= 0.3 is 0 Å². The van der Waals surface area contributed by atoms with E-state index in [4.69, 9.17) is 12.2 Å². The molecule has 1 aromatic rings. The van der Waals surface area contributed by atoms with Crippen molar-refractivity contribution in [2.75, 3.05) is 11.9 Å². The quantitative estimate of drug-likeness (QED) is 0.652. The molecule has 0 aromatic heterocycles. The van der Waals surface area contributed by atoms with Crippen molar-refractivity contribution in [3.63, 3.8) is 0 Å². The van der Waals surface area contributed by atoms with Crippen LogP contribution < -0.4 is 10.6 Å². The highest BCUT2D eigenvalue weighted by molar-refractivity contribution is 9.10. The number of anilines is 1. The zero-order chi connectivity index (χ0) is 12.0. The first-order valence-corrected chi connectivity index (χ1v) is 6.64. The number of nitrogens with one attached hydrogen (secondary N) is 2. The number of hydrogen-bond donors (Lipinski definition) is 2. The molecular formula is C12H17BrN2S. The Morgan fingerprint density at radius 3 is 2.88 bits per heavy atom. The van der Waals surface area contributed by atoms with Gasteiger partial charge in [0.2, 0.25) is 0 Å². The molecule has 2 nitrogen and oxygen atoms in total. The van der Waals surface area contributed by atoms with Gasteiger partial charge in [-0.15, -0.1) is 0 Å². The molecule has 0 bridgehead atoms. The molecule has 0 aliphatic carbocycles. The number of halogens is 1. The third kappa shape index (κ3) is 4.49. The first kappa shape index (κ1) is 13.5. The summed E-state index contributed by atoms with van der Waals surface area (Å²) in [6.07, 6.45) is 2.31. The van der Waals surface area contributed by atoms with Crippen molar-refractivity contribution in [3.8, 4) is 0 Å². The van der Waals surface area contributed by atoms with E-state index in [1.165, 1.54) is 12.0 Å². The number of thiocarbonyl (C=S) groups is 1. The second kappa shape index (κ2) is 6.86. The molecule has 1 rings (SSSR count). The minimum atomic E-state index is 0.689. The highest BCUT2D eigenvalue weighted by atomic mass is 79.9. The van der Waals surface area contributed by atoms with Gasteiger partial charge in [-0.3, -0.25) is 0 Å². The maximum atomic E-state index is 5.21. The average Bonchev–Trinajstić information content (AvgIpc) is 2.24. The van der Waals surface area contributed by atoms with Gasteiger partial charge in [-0.1, -0.05) is 35.3 Å². The van der Waals surface area contributed by atoms with Crippen molar-refractivity contribution >= 4 is 38.9 Å². The van der Waals surface area contributed by atoms with Gasteiger partial charge in [0.1, 0.15) is 0 Å². The summed E-state index contributed by atoms with van der Waals surface area (Å²) in [5.74, 6) is 0. The molecule has 1 aromatic carbocycles. The van der Waals surface area contributed by atoms with E-state index < -0.39 is 0 Å². The summed E-state index contributed by atoms with van der Waals surface area (Å²) in [7, 11) is 0. The van der Waals surface area contributed by atoms with E-state index in [9.17, 15) is 0 Å². The van der Waals surface area contributed by atoms with Crippen LogP contribution in [0.4, 0.5) is 5.69 Å². The van der Waals surface area contributed by atoms with Crippen LogP contribution in [-0.2, 0) is 0 Å². The van der Waals surface area contributed by atoms with Crippen LogP contribution in [0, 0.1) is 6.92 Å². The molecule has 0 atom stereocenters. The van der Waals surface area contributed by atoms with E-state index in [1.54, 1.807) is 0 Å². The number of aryl methyl sites for hydroxylation is 1. The van der Waals surface area contributed by atoms with E-state index in [2.05, 4.69) is 46.5 Å². The van der Waals surface area contributed by atoms with E-state index in [0.717, 1.165) is 23.1 Å². The molecule has 0 heterocycles. The molecule has 16 heavy (non-hydrogen) atoms. The summed E-state index contributed by atoms with van der Waals surface area (Å²) >= 11 is 8.66. The maximum absolute atomic E-state index is 5.21. The summed E-state index contributed by atoms with van der Waals surface area (Å²) in [5.41, 5.74) is 2.23. The van der Waals surface area contributed by atoms with Gasteiger partial charge in [0.05, 0.1) is 0 Å². The van der Waals surface area contributed by atoms with Crippen molar-refractivity contribution in [1.29, 1.82) is 0 Å². The molecule has 0 aliphatic heterocycles. The maximum Gasteiger partial charge on any atom is 0.170 e. The first-order valence-electron chi connectivity index (χ1n) is 5.44. The van der Waals surface area contributed by atoms with Crippen LogP contribution in [0.1, 0.15) is 25.3 Å². The molecule has 0 fully saturated rings. The van der Waals surface area contributed by atoms with Gasteiger partial charge in [0.25, 0.3) is 0 Å². The average molecular weight is 301 g/mol. The minimum Gasteiger partial charge on any atom is -0.362 e. The van der Waals surface area contributed by atoms with Crippen LogP contribution in [-0.4, -0.2) is 11.7 Å². The van der Waals surface area contributed by atoms with E-state index in [-0.39, 0.29) is 0 Å². The Kier molecular flexibility index (Phi) is 5.77. The van der Waals surface area contributed by atoms with Gasteiger partial charge in [-0.25, -0.2) is 0 Å². The van der Waals surface area contributed by atoms with Crippen LogP contribution in [0.2, 0.25) is 0 Å². The fourth-order valence-corrected chi connectivity index (χ4v) is 1.85. The lowest BCUT2D eigenvalue weighted by Crippen LogP contribution is -2.29. The zero-order valence-electron chi connectivity index (χ0n) is 9.64. The number of hydrogen-bond acceptors (Lipinski definition) is 1. The predicted molar refractivity (Wildman–Crippen MR) is 78.0 cm³/mol. The molecule has 0 aliphatic rings. The van der Waals surface area contributed by atoms with E-state index >= 15 is 0 Å². The molecule has 0 spiro atoms. The highest BCUT2D eigenvalue weighted by Gasteiger charge is 2.01. The number of benzene rings is 1. The Morgan fingerprint density at radius 1 is 1.44 bits per heavy atom. The van der Waals surface area contributed by atoms with Crippen molar-refractivity contribution in [2.45, 2.75) is 26.7 Å². The molecule has 0 saturated heterocycles. The predicted octanol–water partition coefficient (Wildman–Crippen LogP) is 3.84. The normalized spacial score (nSPS) is 9.94.